The van der Waals surface area contributed by atoms with Crippen LogP contribution in [0.2, 0.25) is 0 Å². The molecule has 30 heavy (non-hydrogen) atoms. The lowest BCUT2D eigenvalue weighted by Crippen LogP contribution is -2.43. The zero-order valence-electron chi connectivity index (χ0n) is 16.7. The number of carbonyl (C=O) groups excluding carboxylic acids is 1. The molecule has 1 fully saturated rings. The Kier molecular flexibility index (Phi) is 7.54. The highest BCUT2D eigenvalue weighted by Gasteiger charge is 2.39. The van der Waals surface area contributed by atoms with E-state index in [1.165, 1.54) is 0 Å². The molecule has 1 aliphatic rings. The second-order valence-electron chi connectivity index (χ2n) is 7.72. The van der Waals surface area contributed by atoms with Crippen molar-refractivity contribution >= 4 is 32.6 Å². The van der Waals surface area contributed by atoms with E-state index in [9.17, 15) is 18.0 Å². The van der Waals surface area contributed by atoms with Crippen LogP contribution in [0.25, 0.3) is 10.2 Å². The number of anilines is 1. The number of hydrogen-bond acceptors (Lipinski definition) is 6. The minimum absolute atomic E-state index is 0.0921. The highest BCUT2D eigenvalue weighted by Crippen LogP contribution is 2.30. The summed E-state index contributed by atoms with van der Waals surface area (Å²) in [6.07, 6.45) is -0.940. The molecule has 1 amide bonds. The van der Waals surface area contributed by atoms with Gasteiger partial charge in [-0.1, -0.05) is 24.7 Å². The molecule has 0 atom stereocenters. The number of alkyl halides is 3. The first-order valence-corrected chi connectivity index (χ1v) is 10.6. The average Bonchev–Trinajstić information content (AvgIpc) is 3.06. The highest BCUT2D eigenvalue weighted by molar-refractivity contribution is 7.22. The van der Waals surface area contributed by atoms with Gasteiger partial charge >= 0.3 is 12.1 Å². The van der Waals surface area contributed by atoms with E-state index in [0.717, 1.165) is 63.4 Å². The summed E-state index contributed by atoms with van der Waals surface area (Å²) < 4.78 is 54.3. The molecule has 0 aliphatic carbocycles. The Morgan fingerprint density at radius 2 is 1.97 bits per heavy atom. The van der Waals surface area contributed by atoms with E-state index in [4.69, 9.17) is 14.2 Å². The van der Waals surface area contributed by atoms with Crippen molar-refractivity contribution < 1.29 is 32.2 Å². The monoisotopic (exact) mass is 446 g/mol. The normalized spacial score (nSPS) is 15.7. The van der Waals surface area contributed by atoms with Gasteiger partial charge < -0.3 is 14.2 Å². The Balaban J connectivity index is 1.32. The molecule has 0 spiro atoms. The zero-order valence-corrected chi connectivity index (χ0v) is 17.5. The van der Waals surface area contributed by atoms with Crippen LogP contribution in [-0.2, 0) is 14.3 Å². The first-order chi connectivity index (χ1) is 14.3. The molecule has 10 heteroatoms. The molecule has 2 aromatic rings. The number of halogens is 3. The molecule has 1 saturated heterocycles. The van der Waals surface area contributed by atoms with Crippen LogP contribution < -0.4 is 10.1 Å². The summed E-state index contributed by atoms with van der Waals surface area (Å²) in [5.74, 6) is -1.41. The van der Waals surface area contributed by atoms with Crippen LogP contribution in [0, 0.1) is 5.41 Å². The minimum atomic E-state index is -4.94. The lowest BCUT2D eigenvalue weighted by molar-refractivity contribution is -0.167. The first-order valence-electron chi connectivity index (χ1n) is 9.82. The van der Waals surface area contributed by atoms with Crippen molar-refractivity contribution in [1.29, 1.82) is 0 Å². The van der Waals surface area contributed by atoms with Crippen LogP contribution in [0.3, 0.4) is 0 Å². The van der Waals surface area contributed by atoms with E-state index in [2.05, 4.69) is 11.9 Å². The number of fused-ring (bicyclic) bond motifs is 1. The summed E-state index contributed by atoms with van der Waals surface area (Å²) in [7, 11) is 0. The largest absolute Gasteiger partial charge is 0.494 e. The topological polar surface area (TPSA) is 69.7 Å². The van der Waals surface area contributed by atoms with Crippen molar-refractivity contribution in [2.24, 2.45) is 5.41 Å². The van der Waals surface area contributed by atoms with Crippen molar-refractivity contribution in [3.05, 3.63) is 18.2 Å². The number of hydrogen-bond donors (Lipinski definition) is 1. The van der Waals surface area contributed by atoms with E-state index in [1.807, 2.05) is 0 Å². The van der Waals surface area contributed by atoms with Crippen molar-refractivity contribution in [3.63, 3.8) is 0 Å². The van der Waals surface area contributed by atoms with Crippen molar-refractivity contribution in [2.45, 2.75) is 38.8 Å². The number of ether oxygens (including phenoxy) is 3. The third kappa shape index (κ3) is 6.55. The fraction of sp³-hybridized carbons (Fsp3) is 0.600. The first kappa shape index (κ1) is 22.8. The molecule has 0 saturated carbocycles. The number of rotatable bonds is 11. The molecule has 1 aromatic carbocycles. The van der Waals surface area contributed by atoms with Crippen molar-refractivity contribution in [3.8, 4) is 5.75 Å². The summed E-state index contributed by atoms with van der Waals surface area (Å²) in [6.45, 7) is 5.78. The maximum absolute atomic E-state index is 12.3. The summed E-state index contributed by atoms with van der Waals surface area (Å²) in [5.41, 5.74) is 0.699. The molecule has 6 nitrogen and oxygen atoms in total. The van der Waals surface area contributed by atoms with Gasteiger partial charge in [-0.25, -0.2) is 4.98 Å². The predicted octanol–water partition coefficient (Wildman–Crippen LogP) is 4.79. The SMILES string of the molecule is CC1(COCCCCCCOc2ccc3nc(NC(=O)C(F)(F)F)sc3c2)COC1. The van der Waals surface area contributed by atoms with E-state index in [-0.39, 0.29) is 10.5 Å². The molecule has 1 aromatic heterocycles. The molecule has 2 heterocycles. The van der Waals surface area contributed by atoms with E-state index < -0.39 is 12.1 Å². The molecule has 166 valence electrons. The summed E-state index contributed by atoms with van der Waals surface area (Å²) in [4.78, 5) is 15.0. The number of nitrogens with one attached hydrogen (secondary N) is 1. The predicted molar refractivity (Wildman–Crippen MR) is 108 cm³/mol. The summed E-state index contributed by atoms with van der Waals surface area (Å²) in [6, 6.07) is 5.10. The number of unbranched alkanes of at least 4 members (excludes halogenated alkanes) is 3. The average molecular weight is 446 g/mol. The third-order valence-electron chi connectivity index (χ3n) is 4.64. The second kappa shape index (κ2) is 9.93. The molecule has 0 radical (unpaired) electrons. The molecular weight excluding hydrogens is 421 g/mol. The Labute approximate surface area is 176 Å². The van der Waals surface area contributed by atoms with Crippen molar-refractivity contribution in [2.75, 3.05) is 38.4 Å². The van der Waals surface area contributed by atoms with Gasteiger partial charge in [0.1, 0.15) is 5.75 Å². The van der Waals surface area contributed by atoms with Crippen LogP contribution in [0.5, 0.6) is 5.75 Å². The Morgan fingerprint density at radius 1 is 1.23 bits per heavy atom. The van der Waals surface area contributed by atoms with Gasteiger partial charge in [0, 0.05) is 12.0 Å². The van der Waals surface area contributed by atoms with E-state index in [0.29, 0.717) is 22.6 Å². The van der Waals surface area contributed by atoms with Crippen molar-refractivity contribution in [1.82, 2.24) is 4.98 Å². The van der Waals surface area contributed by atoms with Crippen LogP contribution in [0.1, 0.15) is 32.6 Å². The van der Waals surface area contributed by atoms with Crippen LogP contribution in [0.4, 0.5) is 18.3 Å². The van der Waals surface area contributed by atoms with Gasteiger partial charge in [-0.2, -0.15) is 13.2 Å². The second-order valence-corrected chi connectivity index (χ2v) is 8.75. The molecular formula is C20H25F3N2O4S. The molecule has 1 aliphatic heterocycles. The van der Waals surface area contributed by atoms with Crippen LogP contribution in [0.15, 0.2) is 18.2 Å². The van der Waals surface area contributed by atoms with Gasteiger partial charge in [-0.15, -0.1) is 0 Å². The number of aromatic nitrogens is 1. The van der Waals surface area contributed by atoms with Gasteiger partial charge in [0.2, 0.25) is 0 Å². The fourth-order valence-corrected chi connectivity index (χ4v) is 3.81. The zero-order chi connectivity index (χ0) is 21.6. The maximum Gasteiger partial charge on any atom is 0.471 e. The number of benzene rings is 1. The van der Waals surface area contributed by atoms with Crippen LogP contribution >= 0.6 is 11.3 Å². The minimum Gasteiger partial charge on any atom is -0.494 e. The van der Waals surface area contributed by atoms with E-state index in [1.54, 1.807) is 23.5 Å². The maximum atomic E-state index is 12.3. The third-order valence-corrected chi connectivity index (χ3v) is 5.57. The molecule has 1 N–H and O–H groups in total. The smallest absolute Gasteiger partial charge is 0.471 e. The fourth-order valence-electron chi connectivity index (χ4n) is 2.92. The Hall–Kier alpha value is -1.91. The summed E-state index contributed by atoms with van der Waals surface area (Å²) in [5, 5.41) is 1.68. The van der Waals surface area contributed by atoms with E-state index >= 15 is 0 Å². The Morgan fingerprint density at radius 3 is 2.63 bits per heavy atom. The summed E-state index contributed by atoms with van der Waals surface area (Å²) >= 11 is 0.973. The lowest BCUT2D eigenvalue weighted by atomic mass is 9.90. The Bertz CT molecular complexity index is 852. The lowest BCUT2D eigenvalue weighted by Gasteiger charge is -2.37. The number of thiazole rings is 1. The molecule has 0 bridgehead atoms. The van der Waals surface area contributed by atoms with Gasteiger partial charge in [0.15, 0.2) is 5.13 Å². The standard InChI is InChI=1S/C20H25F3N2O4S/c1-19(12-28-13-19)11-27-8-4-2-3-5-9-29-14-6-7-15-16(10-14)30-18(24-15)25-17(26)20(21,22)23/h6-7,10H,2-5,8-9,11-13H2,1H3,(H,24,25,26). The molecule has 0 unspecified atom stereocenters. The quantitative estimate of drug-likeness (QED) is 0.503. The van der Waals surface area contributed by atoms with Gasteiger partial charge in [0.25, 0.3) is 0 Å². The number of nitrogens with zero attached hydrogens (tertiary/aromatic N) is 1. The van der Waals surface area contributed by atoms with Gasteiger partial charge in [-0.3, -0.25) is 10.1 Å². The van der Waals surface area contributed by atoms with Gasteiger partial charge in [0.05, 0.1) is 36.6 Å². The molecule has 3 rings (SSSR count). The highest BCUT2D eigenvalue weighted by atomic mass is 32.1. The van der Waals surface area contributed by atoms with Crippen LogP contribution in [-0.4, -0.2) is 50.1 Å². The number of amides is 1. The number of carbonyl (C=O) groups is 1. The van der Waals surface area contributed by atoms with Gasteiger partial charge in [-0.05, 0) is 37.5 Å².